The van der Waals surface area contributed by atoms with Crippen LogP contribution in [0.4, 0.5) is 0 Å². The first-order valence-electron chi connectivity index (χ1n) is 5.59. The summed E-state index contributed by atoms with van der Waals surface area (Å²) in [5.41, 5.74) is 7.21. The van der Waals surface area contributed by atoms with Crippen molar-refractivity contribution in [2.75, 3.05) is 6.54 Å². The molecule has 5 nitrogen and oxygen atoms in total. The molecule has 2 aliphatic heterocycles. The molecule has 0 radical (unpaired) electrons. The largest absolute Gasteiger partial charge is 0.409 e. The van der Waals surface area contributed by atoms with Gasteiger partial charge in [-0.05, 0) is 6.07 Å². The lowest BCUT2D eigenvalue weighted by Gasteiger charge is -2.14. The maximum absolute atomic E-state index is 8.76. The summed E-state index contributed by atoms with van der Waals surface area (Å²) < 4.78 is 0. The summed E-state index contributed by atoms with van der Waals surface area (Å²) in [4.78, 5) is 6.46. The van der Waals surface area contributed by atoms with Crippen molar-refractivity contribution in [1.82, 2.24) is 4.90 Å². The molecule has 3 N–H and O–H groups in total. The van der Waals surface area contributed by atoms with Crippen molar-refractivity contribution >= 4 is 12.0 Å². The summed E-state index contributed by atoms with van der Waals surface area (Å²) in [6, 6.07) is 7.89. The number of oxime groups is 1. The van der Waals surface area contributed by atoms with E-state index >= 15 is 0 Å². The van der Waals surface area contributed by atoms with Crippen molar-refractivity contribution in [2.24, 2.45) is 15.9 Å². The monoisotopic (exact) mass is 240 g/mol. The van der Waals surface area contributed by atoms with Gasteiger partial charge in [-0.2, -0.15) is 0 Å². The first-order chi connectivity index (χ1) is 8.79. The van der Waals surface area contributed by atoms with E-state index in [4.69, 9.17) is 10.9 Å². The average Bonchev–Trinajstić information content (AvgIpc) is 2.70. The maximum Gasteiger partial charge on any atom is 0.172 e. The van der Waals surface area contributed by atoms with Crippen LogP contribution in [0.25, 0.3) is 6.20 Å². The lowest BCUT2D eigenvalue weighted by atomic mass is 10.2. The van der Waals surface area contributed by atoms with Crippen LogP contribution in [-0.4, -0.2) is 22.5 Å². The minimum Gasteiger partial charge on any atom is -0.409 e. The lowest BCUT2D eigenvalue weighted by Crippen LogP contribution is -2.26. The topological polar surface area (TPSA) is 74.2 Å². The highest BCUT2D eigenvalue weighted by molar-refractivity contribution is 6.01. The molecular formula is C13H12N4O. The van der Waals surface area contributed by atoms with Crippen LogP contribution in [0.5, 0.6) is 0 Å². The van der Waals surface area contributed by atoms with Gasteiger partial charge >= 0.3 is 0 Å². The first-order valence-corrected chi connectivity index (χ1v) is 5.59. The smallest absolute Gasteiger partial charge is 0.172 e. The molecule has 0 unspecified atom stereocenters. The lowest BCUT2D eigenvalue weighted by molar-refractivity contribution is 0.318. The van der Waals surface area contributed by atoms with Gasteiger partial charge in [-0.25, -0.2) is 0 Å². The molecule has 0 atom stereocenters. The highest BCUT2D eigenvalue weighted by atomic mass is 16.4. The number of nitrogens with zero attached hydrogens (tertiary/aromatic N) is 3. The van der Waals surface area contributed by atoms with E-state index in [0.717, 1.165) is 16.3 Å². The minimum atomic E-state index is 0.110. The van der Waals surface area contributed by atoms with E-state index in [9.17, 15) is 0 Å². The third-order valence-electron chi connectivity index (χ3n) is 3.02. The Morgan fingerprint density at radius 3 is 3.06 bits per heavy atom. The Morgan fingerprint density at radius 1 is 1.39 bits per heavy atom. The second-order valence-corrected chi connectivity index (χ2v) is 4.09. The summed E-state index contributed by atoms with van der Waals surface area (Å²) in [6.07, 6.45) is 5.69. The molecule has 2 aliphatic rings. The second-order valence-electron chi connectivity index (χ2n) is 4.09. The predicted molar refractivity (Wildman–Crippen MR) is 68.0 cm³/mol. The molecule has 3 rings (SSSR count). The standard InChI is InChI=1S/C13H12N4O/c14-13(16-18)10-5-6-17-8-9-3-1-2-4-11(9)15-7-12(10)17/h1-5,7-8,18H,6H2,(H2,14,16). The Hall–Kier alpha value is -2.56. The van der Waals surface area contributed by atoms with E-state index in [-0.39, 0.29) is 5.84 Å². The summed E-state index contributed by atoms with van der Waals surface area (Å²) >= 11 is 0. The minimum absolute atomic E-state index is 0.110. The SMILES string of the molecule is NC(=NO)C1=CCN2C=c3ccccc3=NC=C12. The van der Waals surface area contributed by atoms with Gasteiger partial charge < -0.3 is 15.8 Å². The van der Waals surface area contributed by atoms with Gasteiger partial charge in [-0.3, -0.25) is 4.99 Å². The molecule has 0 aliphatic carbocycles. The molecule has 0 fully saturated rings. The van der Waals surface area contributed by atoms with Crippen molar-refractivity contribution in [3.63, 3.8) is 0 Å². The summed E-state index contributed by atoms with van der Waals surface area (Å²) in [7, 11) is 0. The molecule has 5 heteroatoms. The van der Waals surface area contributed by atoms with E-state index < -0.39 is 0 Å². The van der Waals surface area contributed by atoms with Crippen molar-refractivity contribution < 1.29 is 5.21 Å². The Kier molecular flexibility index (Phi) is 2.37. The fourth-order valence-corrected chi connectivity index (χ4v) is 2.12. The molecule has 0 saturated carbocycles. The maximum atomic E-state index is 8.76. The molecule has 0 bridgehead atoms. The quantitative estimate of drug-likeness (QED) is 0.311. The van der Waals surface area contributed by atoms with Gasteiger partial charge in [0.25, 0.3) is 0 Å². The summed E-state index contributed by atoms with van der Waals surface area (Å²) in [6.45, 7) is 0.696. The van der Waals surface area contributed by atoms with E-state index in [1.54, 1.807) is 6.20 Å². The van der Waals surface area contributed by atoms with Gasteiger partial charge in [-0.15, -0.1) is 0 Å². The zero-order valence-corrected chi connectivity index (χ0v) is 9.61. The fourth-order valence-electron chi connectivity index (χ4n) is 2.12. The Bertz CT molecular complexity index is 700. The number of fused-ring (bicyclic) bond motifs is 2. The van der Waals surface area contributed by atoms with Crippen LogP contribution in [0, 0.1) is 0 Å². The van der Waals surface area contributed by atoms with Crippen molar-refractivity contribution in [2.45, 2.75) is 0 Å². The Labute approximate surface area is 104 Å². The van der Waals surface area contributed by atoms with Gasteiger partial charge in [0.05, 0.1) is 17.3 Å². The third kappa shape index (κ3) is 1.57. The van der Waals surface area contributed by atoms with Gasteiger partial charge in [0, 0.05) is 23.5 Å². The molecule has 0 aromatic heterocycles. The number of hydrogen-bond donors (Lipinski definition) is 2. The molecule has 90 valence electrons. The van der Waals surface area contributed by atoms with Gasteiger partial charge in [0.15, 0.2) is 5.84 Å². The van der Waals surface area contributed by atoms with Crippen molar-refractivity contribution in [1.29, 1.82) is 0 Å². The number of nitrogens with two attached hydrogens (primary N) is 1. The molecule has 1 aromatic rings. The zero-order chi connectivity index (χ0) is 12.5. The summed E-state index contributed by atoms with van der Waals surface area (Å²) in [5.74, 6) is 0.110. The van der Waals surface area contributed by atoms with Gasteiger partial charge in [0.1, 0.15) is 0 Å². The molecule has 0 spiro atoms. The molecule has 2 heterocycles. The van der Waals surface area contributed by atoms with E-state index in [0.29, 0.717) is 12.1 Å². The van der Waals surface area contributed by atoms with E-state index in [1.807, 2.05) is 41.4 Å². The van der Waals surface area contributed by atoms with E-state index in [2.05, 4.69) is 10.1 Å². The van der Waals surface area contributed by atoms with Crippen LogP contribution in [0.1, 0.15) is 0 Å². The molecule has 0 amide bonds. The highest BCUT2D eigenvalue weighted by Crippen LogP contribution is 2.23. The van der Waals surface area contributed by atoms with Gasteiger partial charge in [0.2, 0.25) is 0 Å². The number of benzene rings is 1. The normalized spacial score (nSPS) is 17.8. The van der Waals surface area contributed by atoms with Crippen LogP contribution in [0.2, 0.25) is 0 Å². The molecule has 1 aromatic carbocycles. The second kappa shape index (κ2) is 4.03. The first kappa shape index (κ1) is 10.6. The van der Waals surface area contributed by atoms with Crippen LogP contribution in [0.15, 0.2) is 58.0 Å². The highest BCUT2D eigenvalue weighted by Gasteiger charge is 2.22. The molecule has 18 heavy (non-hydrogen) atoms. The zero-order valence-electron chi connectivity index (χ0n) is 9.61. The van der Waals surface area contributed by atoms with Crippen LogP contribution >= 0.6 is 0 Å². The Balaban J connectivity index is 2.14. The Morgan fingerprint density at radius 2 is 2.22 bits per heavy atom. The number of rotatable bonds is 1. The summed E-state index contributed by atoms with van der Waals surface area (Å²) in [5, 5.41) is 13.8. The van der Waals surface area contributed by atoms with Gasteiger partial charge in [-0.1, -0.05) is 29.4 Å². The molecule has 0 saturated heterocycles. The third-order valence-corrected chi connectivity index (χ3v) is 3.02. The number of amidine groups is 1. The number of para-hydroxylation sites is 1. The fraction of sp³-hybridized carbons (Fsp3) is 0.0769. The molecular weight excluding hydrogens is 228 g/mol. The van der Waals surface area contributed by atoms with Crippen LogP contribution in [0.3, 0.4) is 0 Å². The van der Waals surface area contributed by atoms with E-state index in [1.165, 1.54) is 0 Å². The van der Waals surface area contributed by atoms with Crippen LogP contribution in [-0.2, 0) is 0 Å². The average molecular weight is 240 g/mol. The number of hydrogen-bond acceptors (Lipinski definition) is 4. The van der Waals surface area contributed by atoms with Crippen LogP contribution < -0.4 is 16.3 Å². The predicted octanol–water partition coefficient (Wildman–Crippen LogP) is -0.112. The van der Waals surface area contributed by atoms with Crippen molar-refractivity contribution in [3.05, 3.63) is 58.4 Å². The van der Waals surface area contributed by atoms with Crippen molar-refractivity contribution in [3.8, 4) is 0 Å².